The van der Waals surface area contributed by atoms with E-state index >= 15 is 0 Å². The van der Waals surface area contributed by atoms with Gasteiger partial charge in [0, 0.05) is 32.5 Å². The smallest absolute Gasteiger partial charge is 0.354 e. The fourth-order valence-corrected chi connectivity index (χ4v) is 4.84. The van der Waals surface area contributed by atoms with Gasteiger partial charge in [-0.3, -0.25) is 4.98 Å². The average Bonchev–Trinajstić information content (AvgIpc) is 3.18. The van der Waals surface area contributed by atoms with E-state index in [0.29, 0.717) is 18.1 Å². The summed E-state index contributed by atoms with van der Waals surface area (Å²) in [6, 6.07) is 9.77. The SMILES string of the molecule is Cc1nc(-c2cccnc2)n(Cc2csc3cccc(Br)c23)c1C(=O)O. The first-order valence-electron chi connectivity index (χ1n) is 7.91. The van der Waals surface area contributed by atoms with E-state index in [1.54, 1.807) is 35.2 Å². The topological polar surface area (TPSA) is 68.0 Å². The van der Waals surface area contributed by atoms with Crippen LogP contribution >= 0.6 is 27.3 Å². The number of carboxylic acid groups (broad SMARTS) is 1. The number of aryl methyl sites for hydroxylation is 1. The van der Waals surface area contributed by atoms with Gasteiger partial charge >= 0.3 is 5.97 Å². The van der Waals surface area contributed by atoms with E-state index in [1.807, 2.05) is 24.3 Å². The van der Waals surface area contributed by atoms with Crippen molar-refractivity contribution >= 4 is 43.3 Å². The van der Waals surface area contributed by atoms with Crippen LogP contribution in [0.2, 0.25) is 0 Å². The van der Waals surface area contributed by atoms with Gasteiger partial charge in [0.25, 0.3) is 0 Å². The van der Waals surface area contributed by atoms with Crippen LogP contribution in [0, 0.1) is 6.92 Å². The van der Waals surface area contributed by atoms with E-state index in [0.717, 1.165) is 25.7 Å². The van der Waals surface area contributed by atoms with Crippen molar-refractivity contribution in [2.24, 2.45) is 0 Å². The Hall–Kier alpha value is -2.51. The highest BCUT2D eigenvalue weighted by molar-refractivity contribution is 9.10. The molecular formula is C19H14BrN3O2S. The van der Waals surface area contributed by atoms with Gasteiger partial charge in [-0.1, -0.05) is 22.0 Å². The van der Waals surface area contributed by atoms with Crippen LogP contribution in [-0.2, 0) is 6.54 Å². The van der Waals surface area contributed by atoms with Crippen molar-refractivity contribution in [3.63, 3.8) is 0 Å². The predicted octanol–water partition coefficient (Wildman–Crippen LogP) is 4.98. The van der Waals surface area contributed by atoms with E-state index in [1.165, 1.54) is 0 Å². The van der Waals surface area contributed by atoms with Crippen molar-refractivity contribution < 1.29 is 9.90 Å². The fourth-order valence-electron chi connectivity index (χ4n) is 3.11. The second-order valence-corrected chi connectivity index (χ2v) is 7.64. The molecule has 1 aromatic carbocycles. The number of hydrogen-bond donors (Lipinski definition) is 1. The van der Waals surface area contributed by atoms with E-state index < -0.39 is 5.97 Å². The Balaban J connectivity index is 1.91. The van der Waals surface area contributed by atoms with Crippen molar-refractivity contribution in [2.75, 3.05) is 0 Å². The summed E-state index contributed by atoms with van der Waals surface area (Å²) in [5.41, 5.74) is 2.55. The third-order valence-electron chi connectivity index (χ3n) is 4.22. The van der Waals surface area contributed by atoms with Crippen LogP contribution in [0.4, 0.5) is 0 Å². The maximum atomic E-state index is 11.9. The lowest BCUT2D eigenvalue weighted by molar-refractivity contribution is 0.0685. The van der Waals surface area contributed by atoms with E-state index in [2.05, 4.69) is 37.3 Å². The van der Waals surface area contributed by atoms with Crippen molar-refractivity contribution in [1.29, 1.82) is 0 Å². The lowest BCUT2D eigenvalue weighted by Gasteiger charge is -2.10. The normalized spacial score (nSPS) is 11.2. The largest absolute Gasteiger partial charge is 0.477 e. The minimum absolute atomic E-state index is 0.204. The third kappa shape index (κ3) is 2.83. The van der Waals surface area contributed by atoms with Gasteiger partial charge < -0.3 is 9.67 Å². The van der Waals surface area contributed by atoms with Gasteiger partial charge in [0.2, 0.25) is 0 Å². The highest BCUT2D eigenvalue weighted by Crippen LogP contribution is 2.34. The predicted molar refractivity (Wildman–Crippen MR) is 106 cm³/mol. The summed E-state index contributed by atoms with van der Waals surface area (Å²) in [6.07, 6.45) is 3.39. The quantitative estimate of drug-likeness (QED) is 0.498. The monoisotopic (exact) mass is 427 g/mol. The van der Waals surface area contributed by atoms with E-state index in [4.69, 9.17) is 0 Å². The number of carboxylic acids is 1. The van der Waals surface area contributed by atoms with Gasteiger partial charge in [0.15, 0.2) is 5.69 Å². The molecule has 0 amide bonds. The second kappa shape index (κ2) is 6.66. The molecule has 0 fully saturated rings. The summed E-state index contributed by atoms with van der Waals surface area (Å²) in [5, 5.41) is 12.9. The molecule has 0 saturated heterocycles. The Morgan fingerprint density at radius 2 is 2.15 bits per heavy atom. The van der Waals surface area contributed by atoms with Crippen LogP contribution in [0.3, 0.4) is 0 Å². The Kier molecular flexibility index (Phi) is 4.34. The van der Waals surface area contributed by atoms with Gasteiger partial charge in [0.05, 0.1) is 12.2 Å². The van der Waals surface area contributed by atoms with E-state index in [9.17, 15) is 9.90 Å². The molecule has 0 radical (unpaired) electrons. The Bertz CT molecular complexity index is 1120. The summed E-state index contributed by atoms with van der Waals surface area (Å²) >= 11 is 5.26. The number of aromatic nitrogens is 3. The maximum Gasteiger partial charge on any atom is 0.354 e. The van der Waals surface area contributed by atoms with Gasteiger partial charge in [-0.2, -0.15) is 0 Å². The summed E-state index contributed by atoms with van der Waals surface area (Å²) in [7, 11) is 0. The molecule has 0 atom stereocenters. The number of thiophene rings is 1. The van der Waals surface area contributed by atoms with E-state index in [-0.39, 0.29) is 5.69 Å². The number of nitrogens with zero attached hydrogens (tertiary/aromatic N) is 3. The Morgan fingerprint density at radius 1 is 1.31 bits per heavy atom. The number of hydrogen-bond acceptors (Lipinski definition) is 4. The molecule has 0 aliphatic rings. The van der Waals surface area contributed by atoms with Crippen molar-refractivity contribution in [2.45, 2.75) is 13.5 Å². The maximum absolute atomic E-state index is 11.9. The molecule has 1 N–H and O–H groups in total. The van der Waals surface area contributed by atoms with Gasteiger partial charge in [0.1, 0.15) is 5.82 Å². The number of pyridine rings is 1. The van der Waals surface area contributed by atoms with Crippen molar-refractivity contribution in [3.8, 4) is 11.4 Å². The zero-order valence-electron chi connectivity index (χ0n) is 13.8. The first-order chi connectivity index (χ1) is 12.6. The van der Waals surface area contributed by atoms with Crippen LogP contribution in [0.15, 0.2) is 52.6 Å². The van der Waals surface area contributed by atoms with Gasteiger partial charge in [-0.25, -0.2) is 9.78 Å². The van der Waals surface area contributed by atoms with Gasteiger partial charge in [-0.15, -0.1) is 11.3 Å². The molecule has 0 saturated carbocycles. The molecule has 4 aromatic rings. The number of carbonyl (C=O) groups is 1. The van der Waals surface area contributed by atoms with Crippen LogP contribution in [0.5, 0.6) is 0 Å². The molecule has 3 aromatic heterocycles. The lowest BCUT2D eigenvalue weighted by atomic mass is 10.1. The minimum Gasteiger partial charge on any atom is -0.477 e. The van der Waals surface area contributed by atoms with Crippen LogP contribution in [0.1, 0.15) is 21.7 Å². The Labute approximate surface area is 162 Å². The number of aromatic carboxylic acids is 1. The first kappa shape index (κ1) is 16.9. The molecule has 7 heteroatoms. The molecule has 3 heterocycles. The molecule has 5 nitrogen and oxygen atoms in total. The van der Waals surface area contributed by atoms with Crippen LogP contribution in [-0.4, -0.2) is 25.6 Å². The average molecular weight is 428 g/mol. The summed E-state index contributed by atoms with van der Waals surface area (Å²) < 4.78 is 3.92. The molecular weight excluding hydrogens is 414 g/mol. The Morgan fingerprint density at radius 3 is 2.88 bits per heavy atom. The standard InChI is InChI=1S/C19H14BrN3O2S/c1-11-17(19(24)25)23(18(22-11)12-4-3-7-21-8-12)9-13-10-26-15-6-2-5-14(20)16(13)15/h2-8,10H,9H2,1H3,(H,24,25). The fraction of sp³-hybridized carbons (Fsp3) is 0.105. The molecule has 0 aliphatic heterocycles. The summed E-state index contributed by atoms with van der Waals surface area (Å²) in [5.74, 6) is -0.372. The highest BCUT2D eigenvalue weighted by Gasteiger charge is 2.22. The molecule has 4 rings (SSSR count). The molecule has 0 bridgehead atoms. The third-order valence-corrected chi connectivity index (χ3v) is 5.87. The zero-order valence-corrected chi connectivity index (χ0v) is 16.2. The van der Waals surface area contributed by atoms with Crippen molar-refractivity contribution in [1.82, 2.24) is 14.5 Å². The lowest BCUT2D eigenvalue weighted by Crippen LogP contribution is -2.11. The number of benzene rings is 1. The number of rotatable bonds is 4. The number of imidazole rings is 1. The number of halogens is 1. The zero-order chi connectivity index (χ0) is 18.3. The summed E-state index contributed by atoms with van der Waals surface area (Å²) in [4.78, 5) is 20.5. The van der Waals surface area contributed by atoms with Crippen molar-refractivity contribution in [3.05, 3.63) is 69.5 Å². The highest BCUT2D eigenvalue weighted by atomic mass is 79.9. The van der Waals surface area contributed by atoms with Crippen LogP contribution < -0.4 is 0 Å². The van der Waals surface area contributed by atoms with Crippen LogP contribution in [0.25, 0.3) is 21.5 Å². The molecule has 26 heavy (non-hydrogen) atoms. The number of fused-ring (bicyclic) bond motifs is 1. The molecule has 0 spiro atoms. The summed E-state index contributed by atoms with van der Waals surface area (Å²) in [6.45, 7) is 2.15. The molecule has 130 valence electrons. The first-order valence-corrected chi connectivity index (χ1v) is 9.59. The second-order valence-electron chi connectivity index (χ2n) is 5.88. The minimum atomic E-state index is -0.983. The molecule has 0 unspecified atom stereocenters. The van der Waals surface area contributed by atoms with Gasteiger partial charge in [-0.05, 0) is 42.1 Å². The molecule has 0 aliphatic carbocycles.